The summed E-state index contributed by atoms with van der Waals surface area (Å²) in [6.07, 6.45) is 11.4. The van der Waals surface area contributed by atoms with Crippen molar-refractivity contribution >= 4 is 11.9 Å². The van der Waals surface area contributed by atoms with Gasteiger partial charge in [-0.1, -0.05) is 18.2 Å². The number of carbonyl (C=O) groups excluding carboxylic acids is 2. The van der Waals surface area contributed by atoms with Crippen LogP contribution in [0, 0.1) is 5.92 Å². The minimum Gasteiger partial charge on any atom is -0.312 e. The molecule has 0 saturated carbocycles. The van der Waals surface area contributed by atoms with Crippen LogP contribution in [0.4, 0.5) is 4.79 Å². The van der Waals surface area contributed by atoms with E-state index in [9.17, 15) is 9.59 Å². The van der Waals surface area contributed by atoms with E-state index in [1.165, 1.54) is 4.90 Å². The van der Waals surface area contributed by atoms with E-state index in [4.69, 9.17) is 0 Å². The highest BCUT2D eigenvalue weighted by molar-refractivity contribution is 6.07. The van der Waals surface area contributed by atoms with Crippen LogP contribution in [0.3, 0.4) is 0 Å². The Hall–Kier alpha value is -2.17. The molecule has 1 aliphatic carbocycles. The molecule has 5 nitrogen and oxygen atoms in total. The number of carbonyl (C=O) groups is 2. The molecule has 0 radical (unpaired) electrons. The lowest BCUT2D eigenvalue weighted by atomic mass is 9.78. The highest BCUT2D eigenvalue weighted by atomic mass is 16.2. The summed E-state index contributed by atoms with van der Waals surface area (Å²) < 4.78 is 0. The van der Waals surface area contributed by atoms with Gasteiger partial charge < -0.3 is 4.90 Å². The fraction of sp³-hybridized carbons (Fsp3) is 0.500. The Labute approximate surface area is 137 Å². The van der Waals surface area contributed by atoms with Gasteiger partial charge >= 0.3 is 6.03 Å². The molecular weight excluding hydrogens is 290 g/mol. The quantitative estimate of drug-likeness (QED) is 0.634. The molecule has 1 aromatic heterocycles. The van der Waals surface area contributed by atoms with Crippen molar-refractivity contribution < 1.29 is 9.59 Å². The summed E-state index contributed by atoms with van der Waals surface area (Å²) in [6.45, 7) is 2.30. The Morgan fingerprint density at radius 3 is 2.87 bits per heavy atom. The number of likely N-dealkylation sites (N-methyl/N-ethyl adjacent to an activating group) is 1. The predicted molar refractivity (Wildman–Crippen MR) is 87.7 cm³/mol. The third-order valence-corrected chi connectivity index (χ3v) is 5.22. The molecule has 1 aromatic rings. The van der Waals surface area contributed by atoms with Gasteiger partial charge in [0.05, 0.1) is 0 Å². The number of hydrogen-bond acceptors (Lipinski definition) is 3. The van der Waals surface area contributed by atoms with Crippen LogP contribution >= 0.6 is 0 Å². The lowest BCUT2D eigenvalue weighted by molar-refractivity contribution is -0.134. The predicted octanol–water partition coefficient (Wildman–Crippen LogP) is 2.63. The minimum atomic E-state index is -0.761. The van der Waals surface area contributed by atoms with Crippen LogP contribution in [0.5, 0.6) is 0 Å². The van der Waals surface area contributed by atoms with Gasteiger partial charge in [-0.15, -0.1) is 0 Å². The molecular formula is C18H23N3O2. The number of urea groups is 1. The molecule has 23 heavy (non-hydrogen) atoms. The number of nitrogens with zero attached hydrogens (tertiary/aromatic N) is 3. The van der Waals surface area contributed by atoms with E-state index >= 15 is 0 Å². The summed E-state index contributed by atoms with van der Waals surface area (Å²) in [5.41, 5.74) is 0.269. The van der Waals surface area contributed by atoms with Crippen molar-refractivity contribution in [1.82, 2.24) is 14.8 Å². The SMILES string of the molecule is CN1C(=O)N(CCc2cccnc2)C(=O)C1(C)C1C=CCCC1. The van der Waals surface area contributed by atoms with Gasteiger partial charge in [0.1, 0.15) is 5.54 Å². The first-order valence-electron chi connectivity index (χ1n) is 8.20. The third kappa shape index (κ3) is 2.64. The molecule has 2 atom stereocenters. The Kier molecular flexibility index (Phi) is 4.20. The zero-order valence-electron chi connectivity index (χ0n) is 13.7. The third-order valence-electron chi connectivity index (χ3n) is 5.22. The van der Waals surface area contributed by atoms with E-state index in [0.29, 0.717) is 13.0 Å². The van der Waals surface area contributed by atoms with Gasteiger partial charge in [0, 0.05) is 31.9 Å². The molecule has 5 heteroatoms. The number of pyridine rings is 1. The summed E-state index contributed by atoms with van der Waals surface area (Å²) in [5, 5.41) is 0. The summed E-state index contributed by atoms with van der Waals surface area (Å²) >= 11 is 0. The first-order chi connectivity index (χ1) is 11.0. The van der Waals surface area contributed by atoms with Crippen molar-refractivity contribution in [2.45, 2.75) is 38.1 Å². The van der Waals surface area contributed by atoms with Crippen molar-refractivity contribution in [2.24, 2.45) is 5.92 Å². The van der Waals surface area contributed by atoms with E-state index in [0.717, 1.165) is 24.8 Å². The van der Waals surface area contributed by atoms with E-state index in [1.54, 1.807) is 24.3 Å². The highest BCUT2D eigenvalue weighted by Crippen LogP contribution is 2.38. The van der Waals surface area contributed by atoms with Gasteiger partial charge in [-0.3, -0.25) is 14.7 Å². The van der Waals surface area contributed by atoms with Crippen molar-refractivity contribution in [3.8, 4) is 0 Å². The number of allylic oxidation sites excluding steroid dienone is 1. The monoisotopic (exact) mass is 313 g/mol. The first-order valence-corrected chi connectivity index (χ1v) is 8.20. The second-order valence-electron chi connectivity index (χ2n) is 6.52. The van der Waals surface area contributed by atoms with Gasteiger partial charge in [-0.25, -0.2) is 4.79 Å². The van der Waals surface area contributed by atoms with E-state index in [-0.39, 0.29) is 17.9 Å². The van der Waals surface area contributed by atoms with Crippen LogP contribution in [0.25, 0.3) is 0 Å². The van der Waals surface area contributed by atoms with Gasteiger partial charge in [0.25, 0.3) is 5.91 Å². The van der Waals surface area contributed by atoms with Crippen molar-refractivity contribution in [2.75, 3.05) is 13.6 Å². The number of hydrogen-bond donors (Lipinski definition) is 0. The number of amides is 3. The average Bonchev–Trinajstić information content (AvgIpc) is 2.77. The zero-order chi connectivity index (χ0) is 16.4. The van der Waals surface area contributed by atoms with E-state index < -0.39 is 5.54 Å². The second-order valence-corrected chi connectivity index (χ2v) is 6.52. The Bertz CT molecular complexity index is 628. The van der Waals surface area contributed by atoms with Crippen LogP contribution in [0.1, 0.15) is 31.7 Å². The van der Waals surface area contributed by atoms with Gasteiger partial charge in [-0.05, 0) is 44.2 Å². The number of rotatable bonds is 4. The summed E-state index contributed by atoms with van der Waals surface area (Å²) in [5.74, 6) is 0.0199. The molecule has 3 rings (SSSR count). The fourth-order valence-corrected chi connectivity index (χ4v) is 3.56. The largest absolute Gasteiger partial charge is 0.327 e. The molecule has 2 aliphatic rings. The Morgan fingerprint density at radius 1 is 1.39 bits per heavy atom. The van der Waals surface area contributed by atoms with Gasteiger partial charge in [-0.2, -0.15) is 0 Å². The molecule has 1 saturated heterocycles. The van der Waals surface area contributed by atoms with Crippen molar-refractivity contribution in [3.05, 3.63) is 42.2 Å². The van der Waals surface area contributed by atoms with Crippen LogP contribution in [-0.4, -0.2) is 45.9 Å². The summed E-state index contributed by atoms with van der Waals surface area (Å²) in [7, 11) is 1.74. The Morgan fingerprint density at radius 2 is 2.22 bits per heavy atom. The number of aromatic nitrogens is 1. The maximum Gasteiger partial charge on any atom is 0.327 e. The molecule has 2 unspecified atom stereocenters. The van der Waals surface area contributed by atoms with Gasteiger partial charge in [0.2, 0.25) is 0 Å². The molecule has 1 aliphatic heterocycles. The first kappa shape index (κ1) is 15.7. The maximum atomic E-state index is 13.0. The summed E-state index contributed by atoms with van der Waals surface area (Å²) in [4.78, 5) is 32.7. The van der Waals surface area contributed by atoms with Crippen LogP contribution < -0.4 is 0 Å². The van der Waals surface area contributed by atoms with E-state index in [2.05, 4.69) is 17.1 Å². The maximum absolute atomic E-state index is 13.0. The molecule has 0 N–H and O–H groups in total. The molecule has 0 bridgehead atoms. The highest BCUT2D eigenvalue weighted by Gasteiger charge is 2.55. The van der Waals surface area contributed by atoms with Crippen LogP contribution in [-0.2, 0) is 11.2 Å². The van der Waals surface area contributed by atoms with Crippen LogP contribution in [0.2, 0.25) is 0 Å². The molecule has 3 amide bonds. The molecule has 122 valence electrons. The number of imide groups is 1. The zero-order valence-corrected chi connectivity index (χ0v) is 13.7. The minimum absolute atomic E-state index is 0.0783. The topological polar surface area (TPSA) is 53.5 Å². The molecule has 2 heterocycles. The van der Waals surface area contributed by atoms with Crippen molar-refractivity contribution in [1.29, 1.82) is 0 Å². The van der Waals surface area contributed by atoms with E-state index in [1.807, 2.05) is 19.1 Å². The molecule has 1 fully saturated rings. The van der Waals surface area contributed by atoms with Gasteiger partial charge in [0.15, 0.2) is 0 Å². The lowest BCUT2D eigenvalue weighted by Crippen LogP contribution is -2.51. The molecule has 0 spiro atoms. The standard InChI is InChI=1S/C18H23N3O2/c1-18(15-8-4-3-5-9-15)16(22)21(17(23)20(18)2)12-10-14-7-6-11-19-13-14/h4,6-8,11,13,15H,3,5,9-10,12H2,1-2H3. The van der Waals surface area contributed by atoms with Crippen molar-refractivity contribution in [3.63, 3.8) is 0 Å². The summed E-state index contributed by atoms with van der Waals surface area (Å²) in [6, 6.07) is 3.64. The normalized spacial score (nSPS) is 27.8. The smallest absolute Gasteiger partial charge is 0.312 e. The Balaban J connectivity index is 1.77. The lowest BCUT2D eigenvalue weighted by Gasteiger charge is -2.36. The van der Waals surface area contributed by atoms with Crippen LogP contribution in [0.15, 0.2) is 36.7 Å². The second kappa shape index (κ2) is 6.14. The fourth-order valence-electron chi connectivity index (χ4n) is 3.56. The average molecular weight is 313 g/mol. The molecule has 0 aromatic carbocycles.